The summed E-state index contributed by atoms with van der Waals surface area (Å²) in [6.45, 7) is -0.120. The number of rotatable bonds is 8. The average molecular weight is 493 g/mol. The second kappa shape index (κ2) is 9.69. The Balaban J connectivity index is 2.26. The molecule has 0 saturated carbocycles. The van der Waals surface area contributed by atoms with Crippen molar-refractivity contribution in [1.29, 1.82) is 0 Å². The van der Waals surface area contributed by atoms with Crippen LogP contribution < -0.4 is 10.5 Å². The molecule has 0 bridgehead atoms. The minimum Gasteiger partial charge on any atom is -0.490 e. The molecule has 2 aromatic rings. The van der Waals surface area contributed by atoms with Gasteiger partial charge < -0.3 is 10.5 Å². The van der Waals surface area contributed by atoms with Gasteiger partial charge in [-0.1, -0.05) is 0 Å². The van der Waals surface area contributed by atoms with E-state index in [2.05, 4.69) is 9.97 Å². The first-order chi connectivity index (χ1) is 15.0. The summed E-state index contributed by atoms with van der Waals surface area (Å²) in [6, 6.07) is 4.20. The minimum atomic E-state index is -5.63. The molecule has 0 aliphatic heterocycles. The van der Waals surface area contributed by atoms with Crippen molar-refractivity contribution < 1.29 is 48.6 Å². The quantitative estimate of drug-likeness (QED) is 0.442. The Hall–Kier alpha value is -2.64. The van der Waals surface area contributed by atoms with Crippen LogP contribution in [0.5, 0.6) is 5.75 Å². The van der Waals surface area contributed by atoms with E-state index in [-0.39, 0.29) is 11.3 Å². The number of pyridine rings is 2. The highest BCUT2D eigenvalue weighted by atomic mass is 19.4. The zero-order valence-corrected chi connectivity index (χ0v) is 16.7. The molecule has 0 aliphatic carbocycles. The fraction of sp³-hybridized carbons (Fsp3) is 0.474. The van der Waals surface area contributed by atoms with E-state index in [4.69, 9.17) is 10.5 Å². The van der Waals surface area contributed by atoms with Crippen LogP contribution in [0, 0.1) is 5.92 Å². The van der Waals surface area contributed by atoms with Crippen molar-refractivity contribution in [2.75, 3.05) is 6.61 Å². The van der Waals surface area contributed by atoms with E-state index in [9.17, 15) is 43.9 Å². The maximum atomic E-state index is 13.5. The van der Waals surface area contributed by atoms with Gasteiger partial charge in [0.15, 0.2) is 5.92 Å². The molecule has 0 fully saturated rings. The molecule has 2 rings (SSSR count). The first-order valence-electron chi connectivity index (χ1n) is 9.10. The average Bonchev–Trinajstić information content (AvgIpc) is 2.69. The van der Waals surface area contributed by atoms with E-state index in [1.165, 1.54) is 6.07 Å². The molecule has 184 valence electrons. The number of hydrogen-bond donors (Lipinski definition) is 1. The maximum absolute atomic E-state index is 13.5. The van der Waals surface area contributed by atoms with Crippen LogP contribution in [0.2, 0.25) is 0 Å². The highest BCUT2D eigenvalue weighted by Gasteiger charge is 2.58. The number of halogens is 10. The fourth-order valence-electron chi connectivity index (χ4n) is 2.81. The Bertz CT molecular complexity index is 930. The second-order valence-electron chi connectivity index (χ2n) is 7.43. The molecule has 0 aliphatic rings. The predicted molar refractivity (Wildman–Crippen MR) is 95.7 cm³/mol. The summed E-state index contributed by atoms with van der Waals surface area (Å²) in [5.74, 6) is -4.38. The summed E-state index contributed by atoms with van der Waals surface area (Å²) in [5.41, 5.74) is 1.57. The Morgan fingerprint density at radius 2 is 1.55 bits per heavy atom. The van der Waals surface area contributed by atoms with Crippen molar-refractivity contribution in [3.8, 4) is 17.0 Å². The molecular weight excluding hydrogens is 476 g/mol. The SMILES string of the molecule is C[C@@](N)(COc1ccc(-c2ccnc(C(F)F)c2)nc1C(F)F)CC(C(F)(F)F)C(F)(F)F. The lowest BCUT2D eigenvalue weighted by atomic mass is 9.89. The normalized spacial score (nSPS) is 14.8. The lowest BCUT2D eigenvalue weighted by Gasteiger charge is -2.32. The van der Waals surface area contributed by atoms with E-state index in [0.29, 0.717) is 0 Å². The van der Waals surface area contributed by atoms with Crippen molar-refractivity contribution >= 4 is 0 Å². The number of alkyl halides is 10. The van der Waals surface area contributed by atoms with E-state index in [1.807, 2.05) is 0 Å². The van der Waals surface area contributed by atoms with Crippen molar-refractivity contribution in [3.05, 3.63) is 41.9 Å². The smallest absolute Gasteiger partial charge is 0.400 e. The lowest BCUT2D eigenvalue weighted by molar-refractivity contribution is -0.289. The standard InChI is InChI=1S/C19H17F10N3O/c1-17(30,7-13(18(24,25)26)19(27,28)29)8-33-12-3-2-10(32-14(12)16(22)23)9-4-5-31-11(6-9)15(20)21/h2-6,13,15-16H,7-8,30H2,1H3/t17-/m0/s1. The third-order valence-electron chi connectivity index (χ3n) is 4.41. The van der Waals surface area contributed by atoms with Gasteiger partial charge in [0, 0.05) is 17.3 Å². The van der Waals surface area contributed by atoms with Gasteiger partial charge >= 0.3 is 12.4 Å². The summed E-state index contributed by atoms with van der Waals surface area (Å²) in [6.07, 6.45) is -18.0. The van der Waals surface area contributed by atoms with Gasteiger partial charge in [-0.15, -0.1) is 0 Å². The van der Waals surface area contributed by atoms with Crippen LogP contribution in [-0.2, 0) is 0 Å². The largest absolute Gasteiger partial charge is 0.490 e. The van der Waals surface area contributed by atoms with Crippen molar-refractivity contribution in [1.82, 2.24) is 9.97 Å². The Labute approximate surface area is 180 Å². The molecule has 33 heavy (non-hydrogen) atoms. The van der Waals surface area contributed by atoms with Gasteiger partial charge in [0.2, 0.25) is 0 Å². The van der Waals surface area contributed by atoms with Crippen LogP contribution in [0.4, 0.5) is 43.9 Å². The molecule has 0 aromatic carbocycles. The van der Waals surface area contributed by atoms with Crippen LogP contribution in [0.1, 0.15) is 37.6 Å². The van der Waals surface area contributed by atoms with Gasteiger partial charge in [-0.3, -0.25) is 4.98 Å². The van der Waals surface area contributed by atoms with E-state index >= 15 is 0 Å². The van der Waals surface area contributed by atoms with Gasteiger partial charge in [-0.2, -0.15) is 26.3 Å². The summed E-state index contributed by atoms with van der Waals surface area (Å²) in [7, 11) is 0. The summed E-state index contributed by atoms with van der Waals surface area (Å²) in [5, 5.41) is 0. The molecule has 0 saturated heterocycles. The molecule has 4 nitrogen and oxygen atoms in total. The van der Waals surface area contributed by atoms with Gasteiger partial charge in [0.05, 0.1) is 5.69 Å². The number of hydrogen-bond acceptors (Lipinski definition) is 4. The molecule has 1 atom stereocenters. The number of aromatic nitrogens is 2. The van der Waals surface area contributed by atoms with Gasteiger partial charge in [-0.25, -0.2) is 22.5 Å². The number of ether oxygens (including phenoxy) is 1. The molecule has 2 N–H and O–H groups in total. The topological polar surface area (TPSA) is 61.0 Å². The molecule has 0 radical (unpaired) electrons. The molecule has 0 spiro atoms. The third kappa shape index (κ3) is 7.17. The maximum Gasteiger partial charge on any atom is 0.400 e. The van der Waals surface area contributed by atoms with Crippen molar-refractivity contribution in [2.45, 2.75) is 44.1 Å². The molecule has 0 amide bonds. The second-order valence-corrected chi connectivity index (χ2v) is 7.43. The Morgan fingerprint density at radius 3 is 2.06 bits per heavy atom. The van der Waals surface area contributed by atoms with E-state index < -0.39 is 66.8 Å². The van der Waals surface area contributed by atoms with E-state index in [1.54, 1.807) is 0 Å². The minimum absolute atomic E-state index is 0.0237. The zero-order valence-electron chi connectivity index (χ0n) is 16.7. The highest BCUT2D eigenvalue weighted by Crippen LogP contribution is 2.43. The summed E-state index contributed by atoms with van der Waals surface area (Å²) in [4.78, 5) is 7.06. The predicted octanol–water partition coefficient (Wildman–Crippen LogP) is 6.25. The van der Waals surface area contributed by atoms with Crippen molar-refractivity contribution in [3.63, 3.8) is 0 Å². The first-order valence-corrected chi connectivity index (χ1v) is 9.10. The Morgan fingerprint density at radius 1 is 0.939 bits per heavy atom. The van der Waals surface area contributed by atoms with Crippen LogP contribution >= 0.6 is 0 Å². The van der Waals surface area contributed by atoms with Crippen LogP contribution in [-0.4, -0.2) is 34.5 Å². The molecule has 2 heterocycles. The van der Waals surface area contributed by atoms with E-state index in [0.717, 1.165) is 31.3 Å². The van der Waals surface area contributed by atoms with Crippen LogP contribution in [0.15, 0.2) is 30.5 Å². The summed E-state index contributed by atoms with van der Waals surface area (Å²) < 4.78 is 134. The van der Waals surface area contributed by atoms with Crippen molar-refractivity contribution in [2.24, 2.45) is 11.7 Å². The first kappa shape index (κ1) is 26.6. The Kier molecular flexibility index (Phi) is 7.82. The van der Waals surface area contributed by atoms with Gasteiger partial charge in [0.25, 0.3) is 12.9 Å². The third-order valence-corrected chi connectivity index (χ3v) is 4.41. The molecule has 14 heteroatoms. The number of nitrogens with zero attached hydrogens (tertiary/aromatic N) is 2. The van der Waals surface area contributed by atoms with Gasteiger partial charge in [-0.05, 0) is 37.6 Å². The summed E-state index contributed by atoms with van der Waals surface area (Å²) >= 11 is 0. The van der Waals surface area contributed by atoms with Crippen LogP contribution in [0.25, 0.3) is 11.3 Å². The zero-order chi connectivity index (χ0) is 25.2. The number of nitrogens with two attached hydrogens (primary N) is 1. The monoisotopic (exact) mass is 493 g/mol. The highest BCUT2D eigenvalue weighted by molar-refractivity contribution is 5.60. The molecular formula is C19H17F10N3O. The van der Waals surface area contributed by atoms with Gasteiger partial charge in [0.1, 0.15) is 23.7 Å². The lowest BCUT2D eigenvalue weighted by Crippen LogP contribution is -2.50. The fourth-order valence-corrected chi connectivity index (χ4v) is 2.81. The molecule has 0 unspecified atom stereocenters. The molecule has 2 aromatic heterocycles. The van der Waals surface area contributed by atoms with Crippen LogP contribution in [0.3, 0.4) is 0 Å².